The van der Waals surface area contributed by atoms with Gasteiger partial charge in [0.15, 0.2) is 0 Å². The van der Waals surface area contributed by atoms with Crippen LogP contribution in [0.25, 0.3) is 0 Å². The van der Waals surface area contributed by atoms with E-state index < -0.39 is 8.07 Å². The van der Waals surface area contributed by atoms with Crippen LogP contribution in [0, 0.1) is 5.41 Å². The summed E-state index contributed by atoms with van der Waals surface area (Å²) in [4.78, 5) is 0. The molecule has 1 aliphatic carbocycles. The largest absolute Gasteiger partial charge is 0.108 e. The van der Waals surface area contributed by atoms with Gasteiger partial charge in [0.05, 0.1) is 0 Å². The van der Waals surface area contributed by atoms with E-state index in [1.807, 2.05) is 5.20 Å². The third-order valence-electron chi connectivity index (χ3n) is 3.26. The average Bonchev–Trinajstić information content (AvgIpc) is 2.38. The highest BCUT2D eigenvalue weighted by atomic mass is 28.3. The molecule has 0 unspecified atom stereocenters. The Kier molecular flexibility index (Phi) is 1.35. The van der Waals surface area contributed by atoms with E-state index in [1.165, 1.54) is 6.42 Å². The van der Waals surface area contributed by atoms with Gasteiger partial charge in [-0.3, -0.25) is 0 Å². The molecule has 0 N–H and O–H groups in total. The van der Waals surface area contributed by atoms with E-state index in [-0.39, 0.29) is 0 Å². The smallest absolute Gasteiger partial charge is 0.0809 e. The Hall–Kier alpha value is -0.303. The molecule has 0 aromatic rings. The molecule has 2 aliphatic heterocycles. The van der Waals surface area contributed by atoms with E-state index >= 15 is 0 Å². The summed E-state index contributed by atoms with van der Waals surface area (Å²) in [6.07, 6.45) is 3.75. The highest BCUT2D eigenvalue weighted by Crippen LogP contribution is 2.55. The lowest BCUT2D eigenvalue weighted by molar-refractivity contribution is 0.508. The van der Waals surface area contributed by atoms with Crippen molar-refractivity contribution in [3.8, 4) is 0 Å². The van der Waals surface area contributed by atoms with Gasteiger partial charge in [0.2, 0.25) is 0 Å². The van der Waals surface area contributed by atoms with Gasteiger partial charge in [0.1, 0.15) is 8.07 Å². The molecule has 0 fully saturated rings. The summed E-state index contributed by atoms with van der Waals surface area (Å²) in [5.74, 6) is 0. The number of rotatable bonds is 0. The quantitative estimate of drug-likeness (QED) is 0.498. The highest BCUT2D eigenvalue weighted by molar-refractivity contribution is 6.96. The zero-order valence-electron chi connectivity index (χ0n) is 8.78. The van der Waals surface area contributed by atoms with Crippen LogP contribution in [0.5, 0.6) is 0 Å². The lowest BCUT2D eigenvalue weighted by Crippen LogP contribution is -2.43. The second kappa shape index (κ2) is 1.95. The minimum atomic E-state index is -0.978. The monoisotopic (exact) mass is 178 g/mol. The molecule has 0 atom stereocenters. The molecule has 66 valence electrons. The van der Waals surface area contributed by atoms with E-state index in [0.29, 0.717) is 5.41 Å². The molecule has 0 aromatic carbocycles. The SMILES string of the molecule is CC(C)(C)C1=C2CC=C1[Si]2(C)C. The van der Waals surface area contributed by atoms with Crippen molar-refractivity contribution in [2.75, 3.05) is 0 Å². The van der Waals surface area contributed by atoms with Crippen molar-refractivity contribution in [2.24, 2.45) is 5.41 Å². The third-order valence-corrected chi connectivity index (χ3v) is 7.02. The first kappa shape index (κ1) is 8.30. The van der Waals surface area contributed by atoms with Crippen LogP contribution in [0.4, 0.5) is 0 Å². The van der Waals surface area contributed by atoms with Gasteiger partial charge in [-0.05, 0) is 17.4 Å². The minimum Gasteiger partial charge on any atom is -0.0809 e. The Balaban J connectivity index is 2.47. The van der Waals surface area contributed by atoms with Crippen LogP contribution in [0.3, 0.4) is 0 Å². The Labute approximate surface area is 76.4 Å². The fourth-order valence-electron chi connectivity index (χ4n) is 2.66. The fraction of sp³-hybridized carbons (Fsp3) is 0.636. The fourth-order valence-corrected chi connectivity index (χ4v) is 6.31. The minimum absolute atomic E-state index is 0.403. The molecular weight excluding hydrogens is 160 g/mol. The Morgan fingerprint density at radius 1 is 1.25 bits per heavy atom. The van der Waals surface area contributed by atoms with Gasteiger partial charge in [-0.25, -0.2) is 0 Å². The van der Waals surface area contributed by atoms with Crippen molar-refractivity contribution in [2.45, 2.75) is 40.3 Å². The van der Waals surface area contributed by atoms with Crippen molar-refractivity contribution < 1.29 is 0 Å². The normalized spacial score (nSPS) is 25.6. The summed E-state index contributed by atoms with van der Waals surface area (Å²) in [6, 6.07) is 0. The second-order valence-electron chi connectivity index (χ2n) is 5.55. The standard InChI is InChI=1S/C11H18Si/c1-11(2,3)10-8-6-7-9(10)12(8,4)5/h6H,7H2,1-5H3. The molecule has 1 heteroatoms. The summed E-state index contributed by atoms with van der Waals surface area (Å²) >= 11 is 0. The maximum atomic E-state index is 2.48. The summed E-state index contributed by atoms with van der Waals surface area (Å²) in [7, 11) is -0.978. The van der Waals surface area contributed by atoms with Crippen molar-refractivity contribution >= 4 is 8.07 Å². The molecule has 12 heavy (non-hydrogen) atoms. The topological polar surface area (TPSA) is 0 Å². The van der Waals surface area contributed by atoms with Gasteiger partial charge in [0, 0.05) is 0 Å². The Morgan fingerprint density at radius 3 is 2.00 bits per heavy atom. The second-order valence-corrected chi connectivity index (χ2v) is 9.94. The molecule has 0 radical (unpaired) electrons. The van der Waals surface area contributed by atoms with E-state index in [1.54, 1.807) is 10.8 Å². The molecule has 0 aromatic heterocycles. The zero-order valence-corrected chi connectivity index (χ0v) is 9.78. The lowest BCUT2D eigenvalue weighted by Gasteiger charge is -2.43. The predicted octanol–water partition coefficient (Wildman–Crippen LogP) is 3.46. The molecule has 0 nitrogen and oxygen atoms in total. The highest BCUT2D eigenvalue weighted by Gasteiger charge is 2.50. The first-order chi connectivity index (χ1) is 5.35. The van der Waals surface area contributed by atoms with E-state index in [4.69, 9.17) is 0 Å². The van der Waals surface area contributed by atoms with Gasteiger partial charge in [-0.2, -0.15) is 0 Å². The van der Waals surface area contributed by atoms with Crippen LogP contribution in [0.1, 0.15) is 27.2 Å². The third kappa shape index (κ3) is 0.778. The van der Waals surface area contributed by atoms with Crippen molar-refractivity contribution in [3.63, 3.8) is 0 Å². The molecule has 0 amide bonds. The molecule has 2 bridgehead atoms. The van der Waals surface area contributed by atoms with E-state index in [0.717, 1.165) is 0 Å². The average molecular weight is 178 g/mol. The molecular formula is C11H18Si. The molecule has 0 spiro atoms. The lowest BCUT2D eigenvalue weighted by atomic mass is 9.86. The number of hydrogen-bond acceptors (Lipinski definition) is 0. The Morgan fingerprint density at radius 2 is 1.83 bits per heavy atom. The van der Waals surface area contributed by atoms with Crippen molar-refractivity contribution in [1.82, 2.24) is 0 Å². The van der Waals surface area contributed by atoms with Gasteiger partial charge in [-0.1, -0.05) is 50.3 Å². The van der Waals surface area contributed by atoms with Crippen LogP contribution in [-0.4, -0.2) is 8.07 Å². The van der Waals surface area contributed by atoms with Gasteiger partial charge in [-0.15, -0.1) is 0 Å². The Bertz CT molecular complexity index is 297. The summed E-state index contributed by atoms with van der Waals surface area (Å²) in [5.41, 5.74) is 2.11. The van der Waals surface area contributed by atoms with Crippen LogP contribution in [-0.2, 0) is 0 Å². The predicted molar refractivity (Wildman–Crippen MR) is 56.7 cm³/mol. The van der Waals surface area contributed by atoms with Crippen LogP contribution in [0.2, 0.25) is 13.1 Å². The van der Waals surface area contributed by atoms with Gasteiger partial charge >= 0.3 is 0 Å². The maximum absolute atomic E-state index is 2.48. The number of fused-ring (bicyclic) bond motifs is 1. The summed E-state index contributed by atoms with van der Waals surface area (Å²) < 4.78 is 0. The first-order valence-corrected chi connectivity index (χ1v) is 7.80. The van der Waals surface area contributed by atoms with Crippen molar-refractivity contribution in [1.29, 1.82) is 0 Å². The van der Waals surface area contributed by atoms with Gasteiger partial charge < -0.3 is 0 Å². The van der Waals surface area contributed by atoms with E-state index in [9.17, 15) is 0 Å². The van der Waals surface area contributed by atoms with Gasteiger partial charge in [0.25, 0.3) is 0 Å². The molecule has 3 rings (SSSR count). The van der Waals surface area contributed by atoms with E-state index in [2.05, 4.69) is 39.9 Å². The maximum Gasteiger partial charge on any atom is 0.108 e. The number of hydrogen-bond donors (Lipinski definition) is 0. The molecule has 2 heterocycles. The zero-order chi connectivity index (χ0) is 9.15. The first-order valence-electron chi connectivity index (χ1n) is 4.80. The van der Waals surface area contributed by atoms with Crippen molar-refractivity contribution in [3.05, 3.63) is 22.0 Å². The number of allylic oxidation sites excluding steroid dienone is 4. The van der Waals surface area contributed by atoms with Crippen LogP contribution < -0.4 is 0 Å². The van der Waals surface area contributed by atoms with Crippen LogP contribution >= 0.6 is 0 Å². The molecule has 3 aliphatic rings. The molecule has 0 saturated heterocycles. The van der Waals surface area contributed by atoms with Crippen LogP contribution in [0.15, 0.2) is 22.0 Å². The summed E-state index contributed by atoms with van der Waals surface area (Å²) in [6.45, 7) is 12.0. The summed E-state index contributed by atoms with van der Waals surface area (Å²) in [5, 5.41) is 3.58. The molecule has 0 saturated carbocycles.